The maximum absolute atomic E-state index is 5.14. The summed E-state index contributed by atoms with van der Waals surface area (Å²) < 4.78 is 5.14. The molecule has 0 aliphatic carbocycles. The molecule has 0 bridgehead atoms. The molecular weight excluding hydrogens is 146 g/mol. The van der Waals surface area contributed by atoms with Crippen LogP contribution in [0, 0.1) is 11.8 Å². The Hall–Kier alpha value is -0.570. The van der Waals surface area contributed by atoms with Crippen molar-refractivity contribution in [3.63, 3.8) is 0 Å². The number of hydrogen-bond acceptors (Lipinski definition) is 2. The van der Waals surface area contributed by atoms with Gasteiger partial charge in [-0.25, -0.2) is 0 Å². The van der Waals surface area contributed by atoms with Crippen LogP contribution in [0.2, 0.25) is 0 Å². The average Bonchev–Trinajstić information content (AvgIpc) is 2.10. The molecule has 1 heterocycles. The number of H-pyrrole nitrogens is 1. The third-order valence-electron chi connectivity index (χ3n) is 1.44. The van der Waals surface area contributed by atoms with E-state index in [4.69, 9.17) is 16.6 Å². The van der Waals surface area contributed by atoms with Crippen LogP contribution in [0.5, 0.6) is 0 Å². The lowest BCUT2D eigenvalue weighted by atomic mass is 10.1. The van der Waals surface area contributed by atoms with Crippen LogP contribution in [0.15, 0.2) is 4.42 Å². The van der Waals surface area contributed by atoms with Crippen LogP contribution in [-0.2, 0) is 0 Å². The Morgan fingerprint density at radius 3 is 2.30 bits per heavy atom. The number of oxazole rings is 1. The summed E-state index contributed by atoms with van der Waals surface area (Å²) in [6.07, 6.45) is 0. The highest BCUT2D eigenvalue weighted by atomic mass is 32.1. The third-order valence-corrected chi connectivity index (χ3v) is 1.62. The molecule has 0 radical (unpaired) electrons. The molecule has 1 aromatic heterocycles. The largest absolute Gasteiger partial charge is 0.435 e. The van der Waals surface area contributed by atoms with Gasteiger partial charge in [-0.1, -0.05) is 13.8 Å². The van der Waals surface area contributed by atoms with Gasteiger partial charge in [-0.3, -0.25) is 0 Å². The van der Waals surface area contributed by atoms with Gasteiger partial charge < -0.3 is 9.40 Å². The summed E-state index contributed by atoms with van der Waals surface area (Å²) in [5.74, 6) is 1.36. The monoisotopic (exact) mass is 157 g/mol. The number of aryl methyl sites for hydroxylation is 1. The molecule has 1 aromatic rings. The van der Waals surface area contributed by atoms with E-state index in [2.05, 4.69) is 18.8 Å². The summed E-state index contributed by atoms with van der Waals surface area (Å²) in [6.45, 7) is 6.12. The second kappa shape index (κ2) is 2.58. The molecule has 0 aliphatic heterocycles. The van der Waals surface area contributed by atoms with Crippen molar-refractivity contribution in [1.82, 2.24) is 4.98 Å². The Kier molecular flexibility index (Phi) is 1.94. The van der Waals surface area contributed by atoms with Crippen molar-refractivity contribution < 1.29 is 4.42 Å². The Morgan fingerprint density at radius 1 is 1.50 bits per heavy atom. The van der Waals surface area contributed by atoms with E-state index in [0.717, 1.165) is 11.5 Å². The maximum Gasteiger partial charge on any atom is 0.266 e. The van der Waals surface area contributed by atoms with Gasteiger partial charge in [-0.15, -0.1) is 0 Å². The number of aromatic amines is 1. The van der Waals surface area contributed by atoms with Gasteiger partial charge in [-0.2, -0.15) is 0 Å². The molecule has 0 atom stereocenters. The zero-order valence-electron chi connectivity index (χ0n) is 6.39. The Morgan fingerprint density at radius 2 is 2.10 bits per heavy atom. The quantitative estimate of drug-likeness (QED) is 0.635. The lowest BCUT2D eigenvalue weighted by molar-refractivity contribution is 0.508. The molecule has 1 rings (SSSR count). The molecule has 0 spiro atoms. The van der Waals surface area contributed by atoms with Gasteiger partial charge in [0.05, 0.1) is 5.69 Å². The van der Waals surface area contributed by atoms with Crippen molar-refractivity contribution in [3.05, 3.63) is 16.3 Å². The predicted molar refractivity (Wildman–Crippen MR) is 42.7 cm³/mol. The number of hydrogen-bond donors (Lipinski definition) is 1. The minimum Gasteiger partial charge on any atom is -0.435 e. The minimum absolute atomic E-state index is 0.459. The van der Waals surface area contributed by atoms with Gasteiger partial charge in [-0.05, 0) is 25.1 Å². The van der Waals surface area contributed by atoms with Gasteiger partial charge in [0.2, 0.25) is 0 Å². The van der Waals surface area contributed by atoms with Crippen molar-refractivity contribution in [2.45, 2.75) is 26.7 Å². The van der Waals surface area contributed by atoms with Crippen molar-refractivity contribution >= 4 is 12.2 Å². The van der Waals surface area contributed by atoms with Gasteiger partial charge >= 0.3 is 0 Å². The fraction of sp³-hybridized carbons (Fsp3) is 0.571. The zero-order valence-corrected chi connectivity index (χ0v) is 7.21. The van der Waals surface area contributed by atoms with Crippen LogP contribution >= 0.6 is 12.2 Å². The van der Waals surface area contributed by atoms with E-state index in [0.29, 0.717) is 10.8 Å². The molecule has 0 unspecified atom stereocenters. The van der Waals surface area contributed by atoms with E-state index in [9.17, 15) is 0 Å². The van der Waals surface area contributed by atoms with E-state index in [-0.39, 0.29) is 0 Å². The van der Waals surface area contributed by atoms with Crippen molar-refractivity contribution in [3.8, 4) is 0 Å². The van der Waals surface area contributed by atoms with Gasteiger partial charge in [0.25, 0.3) is 4.84 Å². The number of aromatic nitrogens is 1. The van der Waals surface area contributed by atoms with Gasteiger partial charge in [0.1, 0.15) is 5.76 Å². The topological polar surface area (TPSA) is 28.9 Å². The summed E-state index contributed by atoms with van der Waals surface area (Å²) in [4.78, 5) is 3.47. The Bertz CT molecular complexity index is 271. The normalized spacial score (nSPS) is 10.8. The lowest BCUT2D eigenvalue weighted by Gasteiger charge is -1.98. The van der Waals surface area contributed by atoms with E-state index in [1.165, 1.54) is 0 Å². The molecule has 0 aliphatic rings. The van der Waals surface area contributed by atoms with Crippen LogP contribution in [-0.4, -0.2) is 4.98 Å². The maximum atomic E-state index is 5.14. The van der Waals surface area contributed by atoms with E-state index < -0.39 is 0 Å². The average molecular weight is 157 g/mol. The minimum atomic E-state index is 0.459. The van der Waals surface area contributed by atoms with E-state index >= 15 is 0 Å². The molecule has 0 saturated heterocycles. The summed E-state index contributed by atoms with van der Waals surface area (Å²) >= 11 is 4.82. The van der Waals surface area contributed by atoms with Crippen LogP contribution < -0.4 is 0 Å². The first-order chi connectivity index (χ1) is 4.61. The van der Waals surface area contributed by atoms with Crippen LogP contribution in [0.25, 0.3) is 0 Å². The third kappa shape index (κ3) is 1.29. The molecule has 10 heavy (non-hydrogen) atoms. The number of rotatable bonds is 1. The molecule has 56 valence electrons. The second-order valence-corrected chi connectivity index (χ2v) is 3.01. The van der Waals surface area contributed by atoms with E-state index in [1.807, 2.05) is 6.92 Å². The van der Waals surface area contributed by atoms with Crippen LogP contribution in [0.4, 0.5) is 0 Å². The van der Waals surface area contributed by atoms with Crippen LogP contribution in [0.3, 0.4) is 0 Å². The summed E-state index contributed by atoms with van der Waals surface area (Å²) in [5.41, 5.74) is 1.10. The van der Waals surface area contributed by atoms with Crippen molar-refractivity contribution in [1.29, 1.82) is 0 Å². The van der Waals surface area contributed by atoms with E-state index in [1.54, 1.807) is 0 Å². The first-order valence-electron chi connectivity index (χ1n) is 3.31. The first kappa shape index (κ1) is 7.54. The Balaban J connectivity index is 3.15. The highest BCUT2D eigenvalue weighted by Gasteiger charge is 2.06. The highest BCUT2D eigenvalue weighted by molar-refractivity contribution is 7.71. The fourth-order valence-electron chi connectivity index (χ4n) is 0.968. The Labute approximate surface area is 65.3 Å². The fourth-order valence-corrected chi connectivity index (χ4v) is 1.20. The lowest BCUT2D eigenvalue weighted by Crippen LogP contribution is -1.88. The highest BCUT2D eigenvalue weighted by Crippen LogP contribution is 2.16. The molecule has 0 saturated carbocycles. The molecule has 1 N–H and O–H groups in total. The molecule has 0 amide bonds. The summed E-state index contributed by atoms with van der Waals surface area (Å²) in [6, 6.07) is 0. The first-order valence-corrected chi connectivity index (χ1v) is 3.71. The smallest absolute Gasteiger partial charge is 0.266 e. The zero-order chi connectivity index (χ0) is 7.72. The van der Waals surface area contributed by atoms with Crippen LogP contribution in [0.1, 0.15) is 31.2 Å². The summed E-state index contributed by atoms with van der Waals surface area (Å²) in [5, 5.41) is 0. The van der Waals surface area contributed by atoms with Crippen molar-refractivity contribution in [2.75, 3.05) is 0 Å². The SMILES string of the molecule is Cc1oc(=S)[nH]c1C(C)C. The molecule has 3 heteroatoms. The molecule has 0 fully saturated rings. The summed E-state index contributed by atoms with van der Waals surface area (Å²) in [7, 11) is 0. The number of nitrogens with one attached hydrogen (secondary N) is 1. The molecular formula is C7H11NOS. The second-order valence-electron chi connectivity index (χ2n) is 2.64. The van der Waals surface area contributed by atoms with Crippen molar-refractivity contribution in [2.24, 2.45) is 0 Å². The standard InChI is InChI=1S/C7H11NOS/c1-4(2)6-5(3)9-7(10)8-6/h4H,1-3H3,(H,8,10). The predicted octanol–water partition coefficient (Wildman–Crippen LogP) is 2.77. The molecule has 0 aromatic carbocycles. The molecule has 2 nitrogen and oxygen atoms in total. The van der Waals surface area contributed by atoms with Gasteiger partial charge in [0.15, 0.2) is 0 Å². The van der Waals surface area contributed by atoms with Gasteiger partial charge in [0, 0.05) is 0 Å².